The Hall–Kier alpha value is -3.54. The molecule has 0 aliphatic carbocycles. The number of esters is 1. The minimum absolute atomic E-state index is 0.00464. The molecule has 0 saturated heterocycles. The number of hydrogen-bond donors (Lipinski definition) is 0. The second-order valence-electron chi connectivity index (χ2n) is 5.40. The highest BCUT2D eigenvalue weighted by atomic mass is 16.6. The Morgan fingerprint density at radius 1 is 1.12 bits per heavy atom. The van der Waals surface area contributed by atoms with Crippen LogP contribution < -0.4 is 0 Å². The zero-order valence-corrected chi connectivity index (χ0v) is 13.4. The number of para-hydroxylation sites is 1. The first-order valence-corrected chi connectivity index (χ1v) is 7.54. The Labute approximate surface area is 143 Å². The van der Waals surface area contributed by atoms with Gasteiger partial charge in [0, 0.05) is 11.6 Å². The molecule has 0 spiro atoms. The van der Waals surface area contributed by atoms with E-state index in [2.05, 4.69) is 4.99 Å². The largest absolute Gasteiger partial charge is 0.402 e. The SMILES string of the molecule is Cc1ccc(C2=NC(=CC=Cc3ccccc3[N+](=O)[O-])C(=O)O2)cc1. The zero-order valence-electron chi connectivity index (χ0n) is 13.4. The summed E-state index contributed by atoms with van der Waals surface area (Å²) in [6.07, 6.45) is 4.57. The first-order chi connectivity index (χ1) is 12.0. The topological polar surface area (TPSA) is 81.8 Å². The van der Waals surface area contributed by atoms with Gasteiger partial charge in [-0.05, 0) is 37.3 Å². The van der Waals surface area contributed by atoms with E-state index in [4.69, 9.17) is 4.74 Å². The number of nitro groups is 1. The average Bonchev–Trinajstić information content (AvgIpc) is 2.97. The fourth-order valence-electron chi connectivity index (χ4n) is 2.28. The van der Waals surface area contributed by atoms with Gasteiger partial charge in [-0.1, -0.05) is 35.9 Å². The molecule has 25 heavy (non-hydrogen) atoms. The summed E-state index contributed by atoms with van der Waals surface area (Å²) in [6.45, 7) is 1.96. The summed E-state index contributed by atoms with van der Waals surface area (Å²) in [6, 6.07) is 13.8. The van der Waals surface area contributed by atoms with Gasteiger partial charge in [-0.25, -0.2) is 9.79 Å². The number of ether oxygens (including phenoxy) is 1. The van der Waals surface area contributed by atoms with Gasteiger partial charge in [0.25, 0.3) is 5.69 Å². The lowest BCUT2D eigenvalue weighted by Crippen LogP contribution is -2.05. The molecule has 6 heteroatoms. The number of allylic oxidation sites excluding steroid dienone is 2. The number of aryl methyl sites for hydroxylation is 1. The van der Waals surface area contributed by atoms with E-state index >= 15 is 0 Å². The second-order valence-corrected chi connectivity index (χ2v) is 5.40. The van der Waals surface area contributed by atoms with E-state index in [1.165, 1.54) is 12.1 Å². The van der Waals surface area contributed by atoms with Gasteiger partial charge in [-0.2, -0.15) is 0 Å². The molecular weight excluding hydrogens is 320 g/mol. The summed E-state index contributed by atoms with van der Waals surface area (Å²) < 4.78 is 5.17. The van der Waals surface area contributed by atoms with Gasteiger partial charge in [-0.15, -0.1) is 0 Å². The van der Waals surface area contributed by atoms with E-state index in [9.17, 15) is 14.9 Å². The highest BCUT2D eigenvalue weighted by Gasteiger charge is 2.23. The minimum atomic E-state index is -0.553. The standard InChI is InChI=1S/C19H14N2O4/c1-13-9-11-15(12-10-13)18-20-16(19(22)25-18)7-4-6-14-5-2-3-8-17(14)21(23)24/h2-12H,1H3. The normalized spacial score (nSPS) is 15.5. The van der Waals surface area contributed by atoms with Gasteiger partial charge in [0.2, 0.25) is 5.90 Å². The van der Waals surface area contributed by atoms with Crippen molar-refractivity contribution >= 4 is 23.6 Å². The van der Waals surface area contributed by atoms with E-state index in [1.54, 1.807) is 30.4 Å². The van der Waals surface area contributed by atoms with Crippen molar-refractivity contribution in [2.75, 3.05) is 0 Å². The monoisotopic (exact) mass is 334 g/mol. The van der Waals surface area contributed by atoms with Crippen molar-refractivity contribution in [1.82, 2.24) is 0 Å². The highest BCUT2D eigenvalue weighted by molar-refractivity contribution is 6.11. The predicted molar refractivity (Wildman–Crippen MR) is 94.0 cm³/mol. The molecule has 0 saturated carbocycles. The van der Waals surface area contributed by atoms with Crippen LogP contribution in [0, 0.1) is 17.0 Å². The fourth-order valence-corrected chi connectivity index (χ4v) is 2.28. The third-order valence-electron chi connectivity index (χ3n) is 3.58. The number of nitro benzene ring substituents is 1. The van der Waals surface area contributed by atoms with Crippen molar-refractivity contribution in [2.45, 2.75) is 6.92 Å². The molecule has 1 heterocycles. The van der Waals surface area contributed by atoms with Gasteiger partial charge >= 0.3 is 5.97 Å². The first kappa shape index (κ1) is 16.3. The molecule has 3 rings (SSSR count). The summed E-state index contributed by atoms with van der Waals surface area (Å²) in [5.41, 5.74) is 2.39. The molecule has 2 aromatic rings. The van der Waals surface area contributed by atoms with Gasteiger partial charge < -0.3 is 4.74 Å². The summed E-state index contributed by atoms with van der Waals surface area (Å²) in [5.74, 6) is -0.307. The van der Waals surface area contributed by atoms with Crippen molar-refractivity contribution < 1.29 is 14.5 Å². The van der Waals surface area contributed by atoms with Gasteiger partial charge in [0.05, 0.1) is 10.5 Å². The summed E-state index contributed by atoms with van der Waals surface area (Å²) in [7, 11) is 0. The first-order valence-electron chi connectivity index (χ1n) is 7.54. The van der Waals surface area contributed by atoms with Crippen LogP contribution in [-0.2, 0) is 9.53 Å². The van der Waals surface area contributed by atoms with Crippen molar-refractivity contribution in [2.24, 2.45) is 4.99 Å². The van der Waals surface area contributed by atoms with Gasteiger partial charge in [0.15, 0.2) is 5.70 Å². The average molecular weight is 334 g/mol. The van der Waals surface area contributed by atoms with Crippen LogP contribution in [0.1, 0.15) is 16.7 Å². The zero-order chi connectivity index (χ0) is 17.8. The molecular formula is C19H14N2O4. The lowest BCUT2D eigenvalue weighted by molar-refractivity contribution is -0.385. The van der Waals surface area contributed by atoms with E-state index in [0.717, 1.165) is 5.56 Å². The van der Waals surface area contributed by atoms with Crippen molar-refractivity contribution in [1.29, 1.82) is 0 Å². The Kier molecular flexibility index (Phi) is 4.52. The van der Waals surface area contributed by atoms with Crippen LogP contribution in [0.3, 0.4) is 0 Å². The lowest BCUT2D eigenvalue weighted by Gasteiger charge is -1.99. The van der Waals surface area contributed by atoms with Crippen LogP contribution in [0.4, 0.5) is 5.69 Å². The third kappa shape index (κ3) is 3.69. The Balaban J connectivity index is 1.83. The van der Waals surface area contributed by atoms with E-state index in [0.29, 0.717) is 11.1 Å². The lowest BCUT2D eigenvalue weighted by atomic mass is 10.1. The molecule has 0 fully saturated rings. The van der Waals surface area contributed by atoms with Crippen molar-refractivity contribution in [3.63, 3.8) is 0 Å². The van der Waals surface area contributed by atoms with Gasteiger partial charge in [0.1, 0.15) is 0 Å². The van der Waals surface area contributed by atoms with Crippen LogP contribution in [0.15, 0.2) is 71.4 Å². The molecule has 1 aliphatic heterocycles. The Morgan fingerprint density at radius 3 is 2.56 bits per heavy atom. The third-order valence-corrected chi connectivity index (χ3v) is 3.58. The number of carbonyl (C=O) groups is 1. The van der Waals surface area contributed by atoms with Crippen LogP contribution in [-0.4, -0.2) is 16.8 Å². The number of cyclic esters (lactones) is 1. The maximum absolute atomic E-state index is 11.9. The van der Waals surface area contributed by atoms with Crippen LogP contribution in [0.2, 0.25) is 0 Å². The molecule has 1 aliphatic rings. The summed E-state index contributed by atoms with van der Waals surface area (Å²) >= 11 is 0. The fraction of sp³-hybridized carbons (Fsp3) is 0.0526. The Morgan fingerprint density at radius 2 is 1.84 bits per heavy atom. The van der Waals surface area contributed by atoms with Crippen LogP contribution >= 0.6 is 0 Å². The number of nitrogens with zero attached hydrogens (tertiary/aromatic N) is 2. The van der Waals surface area contributed by atoms with Gasteiger partial charge in [-0.3, -0.25) is 10.1 Å². The molecule has 0 aromatic heterocycles. The number of hydrogen-bond acceptors (Lipinski definition) is 5. The maximum atomic E-state index is 11.9. The van der Waals surface area contributed by atoms with Crippen LogP contribution in [0.25, 0.3) is 6.08 Å². The number of benzene rings is 2. The summed E-state index contributed by atoms with van der Waals surface area (Å²) in [5, 5.41) is 11.0. The smallest absolute Gasteiger partial charge is 0.363 e. The van der Waals surface area contributed by atoms with Crippen LogP contribution in [0.5, 0.6) is 0 Å². The predicted octanol–water partition coefficient (Wildman–Crippen LogP) is 3.80. The molecule has 0 unspecified atom stereocenters. The molecule has 0 radical (unpaired) electrons. The highest BCUT2D eigenvalue weighted by Crippen LogP contribution is 2.20. The molecule has 2 aromatic carbocycles. The molecule has 124 valence electrons. The van der Waals surface area contributed by atoms with E-state index in [-0.39, 0.29) is 17.3 Å². The van der Waals surface area contributed by atoms with E-state index in [1.807, 2.05) is 31.2 Å². The van der Waals surface area contributed by atoms with E-state index < -0.39 is 10.9 Å². The molecule has 6 nitrogen and oxygen atoms in total. The molecule has 0 atom stereocenters. The number of carbonyl (C=O) groups excluding carboxylic acids is 1. The molecule has 0 N–H and O–H groups in total. The van der Waals surface area contributed by atoms with Crippen molar-refractivity contribution in [3.8, 4) is 0 Å². The Bertz CT molecular complexity index is 925. The quantitative estimate of drug-likeness (QED) is 0.368. The number of aliphatic imine (C=N–C) groups is 1. The van der Waals surface area contributed by atoms with Crippen molar-refractivity contribution in [3.05, 3.63) is 93.2 Å². The number of rotatable bonds is 4. The molecule has 0 bridgehead atoms. The molecule has 0 amide bonds. The second kappa shape index (κ2) is 6.92. The maximum Gasteiger partial charge on any atom is 0.363 e. The summed E-state index contributed by atoms with van der Waals surface area (Å²) in [4.78, 5) is 26.6. The minimum Gasteiger partial charge on any atom is -0.402 e.